The molecule has 1 aliphatic heterocycles. The molecule has 3 rings (SSSR count). The molecule has 0 saturated carbocycles. The maximum Gasteiger partial charge on any atom is 0.278 e. The van der Waals surface area contributed by atoms with Crippen molar-refractivity contribution in [3.8, 4) is 5.69 Å². The van der Waals surface area contributed by atoms with Crippen LogP contribution in [0.2, 0.25) is 0 Å². The highest BCUT2D eigenvalue weighted by molar-refractivity contribution is 5.92. The number of nitrogens with one attached hydrogen (secondary N) is 1. The lowest BCUT2D eigenvalue weighted by molar-refractivity contribution is 0.0757. The predicted octanol–water partition coefficient (Wildman–Crippen LogP) is 1.40. The highest BCUT2D eigenvalue weighted by Crippen LogP contribution is 2.09. The molecule has 1 aromatic carbocycles. The van der Waals surface area contributed by atoms with E-state index in [-0.39, 0.29) is 29.4 Å². The first-order valence-electron chi connectivity index (χ1n) is 7.83. The summed E-state index contributed by atoms with van der Waals surface area (Å²) in [4.78, 5) is 26.6. The van der Waals surface area contributed by atoms with Gasteiger partial charge in [-0.1, -0.05) is 18.2 Å². The second-order valence-electron chi connectivity index (χ2n) is 5.64. The number of hydrogen-bond donors (Lipinski definition) is 1. The summed E-state index contributed by atoms with van der Waals surface area (Å²) in [5.41, 5.74) is 1.20. The number of hydrogen-bond acceptors (Lipinski definition) is 4. The fourth-order valence-electron chi connectivity index (χ4n) is 2.72. The third-order valence-corrected chi connectivity index (χ3v) is 3.94. The SMILES string of the molecule is Cc1cc(=O)c(C(=O)N2CCCNCC2)nn1-c1ccccc1.Cl. The average Bonchev–Trinajstić information content (AvgIpc) is 2.84. The van der Waals surface area contributed by atoms with E-state index < -0.39 is 0 Å². The molecule has 0 aliphatic carbocycles. The molecular weight excluding hydrogens is 328 g/mol. The summed E-state index contributed by atoms with van der Waals surface area (Å²) in [6.45, 7) is 4.68. The third kappa shape index (κ3) is 3.83. The van der Waals surface area contributed by atoms with E-state index in [2.05, 4.69) is 10.4 Å². The van der Waals surface area contributed by atoms with Crippen molar-refractivity contribution in [1.29, 1.82) is 0 Å². The molecule has 24 heavy (non-hydrogen) atoms. The number of halogens is 1. The van der Waals surface area contributed by atoms with Crippen molar-refractivity contribution in [2.75, 3.05) is 26.2 Å². The monoisotopic (exact) mass is 348 g/mol. The molecule has 0 atom stereocenters. The van der Waals surface area contributed by atoms with Crippen molar-refractivity contribution in [3.05, 3.63) is 58.0 Å². The second-order valence-corrected chi connectivity index (χ2v) is 5.64. The Morgan fingerprint density at radius 2 is 1.92 bits per heavy atom. The van der Waals surface area contributed by atoms with Gasteiger partial charge < -0.3 is 10.2 Å². The van der Waals surface area contributed by atoms with Crippen LogP contribution in [0.5, 0.6) is 0 Å². The van der Waals surface area contributed by atoms with Crippen LogP contribution in [0, 0.1) is 6.92 Å². The summed E-state index contributed by atoms with van der Waals surface area (Å²) in [5, 5.41) is 7.59. The minimum atomic E-state index is -0.322. The van der Waals surface area contributed by atoms with Crippen molar-refractivity contribution in [2.45, 2.75) is 13.3 Å². The molecule has 7 heteroatoms. The van der Waals surface area contributed by atoms with E-state index in [4.69, 9.17) is 0 Å². The number of aryl methyl sites for hydroxylation is 1. The van der Waals surface area contributed by atoms with Gasteiger partial charge in [0.15, 0.2) is 5.69 Å². The number of nitrogens with zero attached hydrogens (tertiary/aromatic N) is 3. The van der Waals surface area contributed by atoms with Crippen LogP contribution in [0.15, 0.2) is 41.2 Å². The molecule has 2 aromatic rings. The fraction of sp³-hybridized carbons (Fsp3) is 0.353. The fourth-order valence-corrected chi connectivity index (χ4v) is 2.72. The lowest BCUT2D eigenvalue weighted by Gasteiger charge is -2.20. The van der Waals surface area contributed by atoms with Gasteiger partial charge in [-0.15, -0.1) is 12.4 Å². The van der Waals surface area contributed by atoms with Gasteiger partial charge in [0.05, 0.1) is 5.69 Å². The van der Waals surface area contributed by atoms with Gasteiger partial charge in [0.1, 0.15) is 0 Å². The van der Waals surface area contributed by atoms with Crippen molar-refractivity contribution in [2.24, 2.45) is 0 Å². The first-order valence-corrected chi connectivity index (χ1v) is 7.83. The molecule has 6 nitrogen and oxygen atoms in total. The lowest BCUT2D eigenvalue weighted by atomic mass is 10.2. The van der Waals surface area contributed by atoms with E-state index in [1.807, 2.05) is 37.3 Å². The number of rotatable bonds is 2. The van der Waals surface area contributed by atoms with Crippen LogP contribution < -0.4 is 10.7 Å². The number of benzene rings is 1. The van der Waals surface area contributed by atoms with Crippen LogP contribution in [-0.4, -0.2) is 46.8 Å². The van der Waals surface area contributed by atoms with E-state index in [1.54, 1.807) is 9.58 Å². The zero-order valence-electron chi connectivity index (χ0n) is 13.6. The molecule has 0 spiro atoms. The van der Waals surface area contributed by atoms with E-state index in [9.17, 15) is 9.59 Å². The zero-order chi connectivity index (χ0) is 16.2. The molecule has 1 saturated heterocycles. The topological polar surface area (TPSA) is 67.2 Å². The summed E-state index contributed by atoms with van der Waals surface area (Å²) in [7, 11) is 0. The van der Waals surface area contributed by atoms with E-state index >= 15 is 0 Å². The average molecular weight is 349 g/mol. The van der Waals surface area contributed by atoms with Gasteiger partial charge in [-0.25, -0.2) is 4.68 Å². The highest BCUT2D eigenvalue weighted by Gasteiger charge is 2.22. The van der Waals surface area contributed by atoms with Gasteiger partial charge in [0.25, 0.3) is 5.91 Å². The van der Waals surface area contributed by atoms with Gasteiger partial charge in [-0.3, -0.25) is 9.59 Å². The standard InChI is InChI=1S/C17H20N4O2.ClH/c1-13-12-15(22)16(17(23)20-10-5-8-18-9-11-20)19-21(13)14-6-3-2-4-7-14;/h2-4,6-7,12,18H,5,8-11H2,1H3;1H. The summed E-state index contributed by atoms with van der Waals surface area (Å²) in [6, 6.07) is 11.0. The highest BCUT2D eigenvalue weighted by atomic mass is 35.5. The molecule has 0 bridgehead atoms. The number of aromatic nitrogens is 2. The van der Waals surface area contributed by atoms with Gasteiger partial charge >= 0.3 is 0 Å². The predicted molar refractivity (Wildman–Crippen MR) is 95.2 cm³/mol. The first kappa shape index (κ1) is 18.2. The molecule has 1 aromatic heterocycles. The van der Waals surface area contributed by atoms with Crippen molar-refractivity contribution >= 4 is 18.3 Å². The zero-order valence-corrected chi connectivity index (χ0v) is 14.4. The quantitative estimate of drug-likeness (QED) is 0.890. The Hall–Kier alpha value is -2.18. The van der Waals surface area contributed by atoms with E-state index in [0.29, 0.717) is 18.8 Å². The largest absolute Gasteiger partial charge is 0.336 e. The third-order valence-electron chi connectivity index (χ3n) is 3.94. The molecule has 0 radical (unpaired) electrons. The Balaban J connectivity index is 0.00000208. The smallest absolute Gasteiger partial charge is 0.278 e. The number of para-hydroxylation sites is 1. The molecule has 2 heterocycles. The summed E-state index contributed by atoms with van der Waals surface area (Å²) < 4.78 is 1.64. The Kier molecular flexibility index (Phi) is 6.11. The van der Waals surface area contributed by atoms with Crippen LogP contribution >= 0.6 is 12.4 Å². The normalized spacial score (nSPS) is 14.6. The van der Waals surface area contributed by atoms with Gasteiger partial charge in [0.2, 0.25) is 5.43 Å². The molecule has 1 amide bonds. The minimum absolute atomic E-state index is 0. The van der Waals surface area contributed by atoms with Crippen LogP contribution in [-0.2, 0) is 0 Å². The van der Waals surface area contributed by atoms with Crippen LogP contribution in [0.25, 0.3) is 5.69 Å². The Labute approximate surface area is 146 Å². The van der Waals surface area contributed by atoms with E-state index in [1.165, 1.54) is 6.07 Å². The molecular formula is C17H21ClN4O2. The Bertz CT molecular complexity index is 753. The minimum Gasteiger partial charge on any atom is -0.336 e. The maximum absolute atomic E-state index is 12.7. The number of carbonyl (C=O) groups excluding carboxylic acids is 1. The van der Waals surface area contributed by atoms with Crippen LogP contribution in [0.1, 0.15) is 22.6 Å². The van der Waals surface area contributed by atoms with Gasteiger partial charge in [-0.2, -0.15) is 5.10 Å². The lowest BCUT2D eigenvalue weighted by Crippen LogP contribution is -2.38. The Morgan fingerprint density at radius 3 is 2.67 bits per heavy atom. The molecule has 1 aliphatic rings. The molecule has 0 unspecified atom stereocenters. The molecule has 128 valence electrons. The second kappa shape index (κ2) is 8.08. The first-order chi connectivity index (χ1) is 11.2. The summed E-state index contributed by atoms with van der Waals surface area (Å²) >= 11 is 0. The molecule has 1 N–H and O–H groups in total. The number of amides is 1. The van der Waals surface area contributed by atoms with E-state index in [0.717, 1.165) is 25.2 Å². The number of carbonyl (C=O) groups is 1. The van der Waals surface area contributed by atoms with Gasteiger partial charge in [0, 0.05) is 31.4 Å². The Morgan fingerprint density at radius 1 is 1.17 bits per heavy atom. The maximum atomic E-state index is 12.7. The molecule has 1 fully saturated rings. The van der Waals surface area contributed by atoms with Crippen LogP contribution in [0.4, 0.5) is 0 Å². The van der Waals surface area contributed by atoms with Crippen molar-refractivity contribution in [3.63, 3.8) is 0 Å². The summed E-state index contributed by atoms with van der Waals surface area (Å²) in [5.74, 6) is -0.289. The van der Waals surface area contributed by atoms with Crippen LogP contribution in [0.3, 0.4) is 0 Å². The van der Waals surface area contributed by atoms with Crippen molar-refractivity contribution in [1.82, 2.24) is 20.0 Å². The van der Waals surface area contributed by atoms with Crippen molar-refractivity contribution < 1.29 is 4.79 Å². The van der Waals surface area contributed by atoms with Gasteiger partial charge in [-0.05, 0) is 32.0 Å². The summed E-state index contributed by atoms with van der Waals surface area (Å²) in [6.07, 6.45) is 0.879.